The molecule has 1 N–H and O–H groups in total. The lowest BCUT2D eigenvalue weighted by molar-refractivity contribution is 0.288. The second-order valence-electron chi connectivity index (χ2n) is 2.46. The Morgan fingerprint density at radius 3 is 2.73 bits per heavy atom. The summed E-state index contributed by atoms with van der Waals surface area (Å²) in [6.45, 7) is 5.90. The average molecular weight is 152 g/mol. The highest BCUT2D eigenvalue weighted by Crippen LogP contribution is 2.02. The van der Waals surface area contributed by atoms with Gasteiger partial charge < -0.3 is 5.11 Å². The van der Waals surface area contributed by atoms with Crippen molar-refractivity contribution in [2.45, 2.75) is 19.8 Å². The summed E-state index contributed by atoms with van der Waals surface area (Å²) in [6, 6.07) is 0. The number of rotatable bonds is 5. The number of aliphatic hydroxyl groups excluding tert-OH is 1. The first-order chi connectivity index (χ1) is 5.31. The maximum Gasteiger partial charge on any atom is 0.0434 e. The summed E-state index contributed by atoms with van der Waals surface area (Å²) in [4.78, 5) is 0. The van der Waals surface area contributed by atoms with Gasteiger partial charge in [-0.05, 0) is 19.8 Å². The zero-order valence-electron chi connectivity index (χ0n) is 7.09. The SMILES string of the molecule is C=C/C=C\C=C(/C)CCCO. The monoisotopic (exact) mass is 152 g/mol. The van der Waals surface area contributed by atoms with Crippen molar-refractivity contribution in [3.8, 4) is 0 Å². The Labute approximate surface area is 68.7 Å². The van der Waals surface area contributed by atoms with Gasteiger partial charge in [0.15, 0.2) is 0 Å². The highest BCUT2D eigenvalue weighted by molar-refractivity contribution is 5.13. The van der Waals surface area contributed by atoms with Gasteiger partial charge in [0, 0.05) is 6.61 Å². The van der Waals surface area contributed by atoms with Gasteiger partial charge in [-0.1, -0.05) is 36.5 Å². The highest BCUT2D eigenvalue weighted by atomic mass is 16.2. The van der Waals surface area contributed by atoms with Crippen LogP contribution in [0.15, 0.2) is 36.5 Å². The van der Waals surface area contributed by atoms with E-state index in [0.29, 0.717) is 0 Å². The smallest absolute Gasteiger partial charge is 0.0434 e. The molecule has 1 nitrogen and oxygen atoms in total. The van der Waals surface area contributed by atoms with Crippen LogP contribution in [0.1, 0.15) is 19.8 Å². The van der Waals surface area contributed by atoms with E-state index in [4.69, 9.17) is 5.11 Å². The Bertz CT molecular complexity index is 154. The molecule has 0 aliphatic carbocycles. The van der Waals surface area contributed by atoms with Gasteiger partial charge in [0.1, 0.15) is 0 Å². The maximum absolute atomic E-state index is 8.53. The zero-order valence-corrected chi connectivity index (χ0v) is 7.09. The van der Waals surface area contributed by atoms with Crippen LogP contribution in [0.25, 0.3) is 0 Å². The quantitative estimate of drug-likeness (QED) is 0.600. The second kappa shape index (κ2) is 7.29. The molecule has 1 heteroatoms. The van der Waals surface area contributed by atoms with Crippen LogP contribution in [0.2, 0.25) is 0 Å². The minimum atomic E-state index is 0.274. The minimum absolute atomic E-state index is 0.274. The molecule has 0 saturated carbocycles. The highest BCUT2D eigenvalue weighted by Gasteiger charge is 1.85. The van der Waals surface area contributed by atoms with Crippen LogP contribution in [0.4, 0.5) is 0 Å². The Morgan fingerprint density at radius 2 is 2.18 bits per heavy atom. The summed E-state index contributed by atoms with van der Waals surface area (Å²) in [7, 11) is 0. The molecular weight excluding hydrogens is 136 g/mol. The molecule has 0 spiro atoms. The fraction of sp³-hybridized carbons (Fsp3) is 0.400. The first kappa shape index (κ1) is 10.2. The zero-order chi connectivity index (χ0) is 8.53. The largest absolute Gasteiger partial charge is 0.396 e. The summed E-state index contributed by atoms with van der Waals surface area (Å²) >= 11 is 0. The van der Waals surface area contributed by atoms with Crippen LogP contribution in [0.5, 0.6) is 0 Å². The summed E-state index contributed by atoms with van der Waals surface area (Å²) in [6.07, 6.45) is 9.46. The molecule has 0 aromatic carbocycles. The molecule has 0 aliphatic rings. The van der Waals surface area contributed by atoms with E-state index in [1.165, 1.54) is 5.57 Å². The molecule has 0 amide bonds. The number of allylic oxidation sites excluding steroid dienone is 5. The first-order valence-electron chi connectivity index (χ1n) is 3.87. The standard InChI is InChI=1S/C10H16O/c1-3-4-5-7-10(2)8-6-9-11/h3-5,7,11H,1,6,8-9H2,2H3/b5-4-,10-7+. The van der Waals surface area contributed by atoms with Crippen molar-refractivity contribution in [3.05, 3.63) is 36.5 Å². The van der Waals surface area contributed by atoms with Crippen LogP contribution in [0, 0.1) is 0 Å². The summed E-state index contributed by atoms with van der Waals surface area (Å²) in [5.41, 5.74) is 1.29. The molecule has 0 aliphatic heterocycles. The van der Waals surface area contributed by atoms with E-state index >= 15 is 0 Å². The third-order valence-electron chi connectivity index (χ3n) is 1.36. The fourth-order valence-electron chi connectivity index (χ4n) is 0.740. The first-order valence-corrected chi connectivity index (χ1v) is 3.87. The van der Waals surface area contributed by atoms with Crippen molar-refractivity contribution >= 4 is 0 Å². The lowest BCUT2D eigenvalue weighted by Crippen LogP contribution is -1.82. The van der Waals surface area contributed by atoms with Crippen LogP contribution in [-0.2, 0) is 0 Å². The third-order valence-corrected chi connectivity index (χ3v) is 1.36. The molecule has 62 valence electrons. The van der Waals surface area contributed by atoms with Crippen molar-refractivity contribution in [1.82, 2.24) is 0 Å². The Morgan fingerprint density at radius 1 is 1.45 bits per heavy atom. The van der Waals surface area contributed by atoms with Gasteiger partial charge in [-0.3, -0.25) is 0 Å². The van der Waals surface area contributed by atoms with Crippen LogP contribution >= 0.6 is 0 Å². The van der Waals surface area contributed by atoms with Crippen molar-refractivity contribution < 1.29 is 5.11 Å². The van der Waals surface area contributed by atoms with Crippen LogP contribution < -0.4 is 0 Å². The van der Waals surface area contributed by atoms with Gasteiger partial charge in [-0.25, -0.2) is 0 Å². The van der Waals surface area contributed by atoms with E-state index in [0.717, 1.165) is 12.8 Å². The third kappa shape index (κ3) is 7.07. The summed E-state index contributed by atoms with van der Waals surface area (Å²) < 4.78 is 0. The van der Waals surface area contributed by atoms with Gasteiger partial charge in [-0.2, -0.15) is 0 Å². The Kier molecular flexibility index (Phi) is 6.75. The number of hydrogen-bond acceptors (Lipinski definition) is 1. The fourth-order valence-corrected chi connectivity index (χ4v) is 0.740. The predicted octanol–water partition coefficient (Wildman–Crippen LogP) is 2.45. The topological polar surface area (TPSA) is 20.2 Å². The van der Waals surface area contributed by atoms with Crippen molar-refractivity contribution in [2.24, 2.45) is 0 Å². The molecule has 0 atom stereocenters. The maximum atomic E-state index is 8.53. The van der Waals surface area contributed by atoms with Gasteiger partial charge in [-0.15, -0.1) is 0 Å². The normalized spacial score (nSPS) is 12.4. The van der Waals surface area contributed by atoms with E-state index in [1.54, 1.807) is 6.08 Å². The molecule has 0 saturated heterocycles. The molecule has 0 rings (SSSR count). The van der Waals surface area contributed by atoms with Gasteiger partial charge in [0.05, 0.1) is 0 Å². The molecule has 11 heavy (non-hydrogen) atoms. The van der Waals surface area contributed by atoms with Crippen molar-refractivity contribution in [3.63, 3.8) is 0 Å². The lowest BCUT2D eigenvalue weighted by atomic mass is 10.1. The van der Waals surface area contributed by atoms with Gasteiger partial charge in [0.25, 0.3) is 0 Å². The second-order valence-corrected chi connectivity index (χ2v) is 2.46. The van der Waals surface area contributed by atoms with E-state index in [1.807, 2.05) is 18.2 Å². The average Bonchev–Trinajstić information content (AvgIpc) is 2.01. The Balaban J connectivity index is 3.61. The number of hydrogen-bond donors (Lipinski definition) is 1. The number of aliphatic hydroxyl groups is 1. The molecule has 0 aromatic heterocycles. The van der Waals surface area contributed by atoms with E-state index < -0.39 is 0 Å². The van der Waals surface area contributed by atoms with E-state index in [-0.39, 0.29) is 6.61 Å². The van der Waals surface area contributed by atoms with Crippen molar-refractivity contribution in [2.75, 3.05) is 6.61 Å². The molecule has 0 heterocycles. The van der Waals surface area contributed by atoms with E-state index in [9.17, 15) is 0 Å². The van der Waals surface area contributed by atoms with Gasteiger partial charge in [0.2, 0.25) is 0 Å². The van der Waals surface area contributed by atoms with Crippen LogP contribution in [-0.4, -0.2) is 11.7 Å². The van der Waals surface area contributed by atoms with Crippen LogP contribution in [0.3, 0.4) is 0 Å². The Hall–Kier alpha value is -0.820. The molecule has 0 unspecified atom stereocenters. The molecule has 0 radical (unpaired) electrons. The molecule has 0 fully saturated rings. The lowest BCUT2D eigenvalue weighted by Gasteiger charge is -1.95. The molecular formula is C10H16O. The van der Waals surface area contributed by atoms with Gasteiger partial charge >= 0.3 is 0 Å². The minimum Gasteiger partial charge on any atom is -0.396 e. The molecule has 0 bridgehead atoms. The summed E-state index contributed by atoms with van der Waals surface area (Å²) in [5.74, 6) is 0. The predicted molar refractivity (Wildman–Crippen MR) is 49.4 cm³/mol. The summed E-state index contributed by atoms with van der Waals surface area (Å²) in [5, 5.41) is 8.53. The van der Waals surface area contributed by atoms with Crippen molar-refractivity contribution in [1.29, 1.82) is 0 Å². The molecule has 0 aromatic rings. The van der Waals surface area contributed by atoms with E-state index in [2.05, 4.69) is 13.5 Å².